The highest BCUT2D eigenvalue weighted by Gasteiger charge is 2.25. The maximum atomic E-state index is 9.33. The quantitative estimate of drug-likeness (QED) is 0.713. The van der Waals surface area contributed by atoms with Crippen molar-refractivity contribution in [3.63, 3.8) is 0 Å². The van der Waals surface area contributed by atoms with Crippen molar-refractivity contribution in [1.29, 1.82) is 10.5 Å². The van der Waals surface area contributed by atoms with Crippen molar-refractivity contribution in [2.24, 2.45) is 0 Å². The Hall–Kier alpha value is -1.76. The van der Waals surface area contributed by atoms with Crippen molar-refractivity contribution in [3.8, 4) is 12.1 Å². The van der Waals surface area contributed by atoms with Crippen molar-refractivity contribution >= 4 is 0 Å². The summed E-state index contributed by atoms with van der Waals surface area (Å²) in [6.07, 6.45) is 6.70. The summed E-state index contributed by atoms with van der Waals surface area (Å²) in [7, 11) is 0. The van der Waals surface area contributed by atoms with Gasteiger partial charge in [-0.1, -0.05) is 6.42 Å². The monoisotopic (exact) mass is 331 g/mol. The molecule has 0 saturated carbocycles. The van der Waals surface area contributed by atoms with Gasteiger partial charge in [0.2, 0.25) is 0 Å². The van der Waals surface area contributed by atoms with Gasteiger partial charge in [0.25, 0.3) is 0 Å². The van der Waals surface area contributed by atoms with Crippen molar-refractivity contribution in [2.75, 3.05) is 52.4 Å². The number of likely N-dealkylation sites (tertiary alicyclic amines) is 1. The summed E-state index contributed by atoms with van der Waals surface area (Å²) in [5.74, 6) is 0.776. The number of aliphatic hydroxyl groups excluding tert-OH is 1. The van der Waals surface area contributed by atoms with Gasteiger partial charge in [-0.05, 0) is 51.7 Å². The molecule has 0 spiro atoms. The number of rotatable bonds is 7. The highest BCUT2D eigenvalue weighted by Crippen LogP contribution is 2.22. The van der Waals surface area contributed by atoms with E-state index in [9.17, 15) is 10.5 Å². The van der Waals surface area contributed by atoms with E-state index in [1.54, 1.807) is 0 Å². The standard InChI is InChI=1S/C18H29N5O/c19-15-17(16-20)18-22(11-5-12-23(18)13-6-14-24)10-4-9-21-7-2-1-3-8-21/h24H,1-14H2. The van der Waals surface area contributed by atoms with Crippen LogP contribution in [0.5, 0.6) is 0 Å². The van der Waals surface area contributed by atoms with Crippen LogP contribution in [0.2, 0.25) is 0 Å². The lowest BCUT2D eigenvalue weighted by molar-refractivity contribution is 0.138. The molecule has 6 nitrogen and oxygen atoms in total. The average molecular weight is 331 g/mol. The Labute approximate surface area is 145 Å². The molecule has 2 rings (SSSR count). The molecule has 0 amide bonds. The van der Waals surface area contributed by atoms with Crippen LogP contribution in [0.4, 0.5) is 0 Å². The van der Waals surface area contributed by atoms with Gasteiger partial charge in [0, 0.05) is 32.8 Å². The molecule has 0 aliphatic carbocycles. The van der Waals surface area contributed by atoms with Crippen molar-refractivity contribution in [1.82, 2.24) is 14.7 Å². The Bertz CT molecular complexity index is 483. The highest BCUT2D eigenvalue weighted by atomic mass is 16.3. The molecule has 0 aromatic rings. The highest BCUT2D eigenvalue weighted by molar-refractivity contribution is 5.39. The van der Waals surface area contributed by atoms with Gasteiger partial charge < -0.3 is 19.8 Å². The van der Waals surface area contributed by atoms with Crippen LogP contribution in [0.3, 0.4) is 0 Å². The van der Waals surface area contributed by atoms with Crippen LogP contribution in [-0.2, 0) is 0 Å². The summed E-state index contributed by atoms with van der Waals surface area (Å²) in [5, 5.41) is 27.8. The second-order valence-electron chi connectivity index (χ2n) is 6.58. The lowest BCUT2D eigenvalue weighted by Crippen LogP contribution is -2.45. The summed E-state index contributed by atoms with van der Waals surface area (Å²) in [6, 6.07) is 4.12. The molecule has 2 saturated heterocycles. The zero-order valence-corrected chi connectivity index (χ0v) is 14.6. The zero-order chi connectivity index (χ0) is 17.2. The first kappa shape index (κ1) is 18.6. The van der Waals surface area contributed by atoms with Crippen LogP contribution in [0.1, 0.15) is 38.5 Å². The predicted molar refractivity (Wildman–Crippen MR) is 92.6 cm³/mol. The third kappa shape index (κ3) is 5.12. The minimum Gasteiger partial charge on any atom is -0.396 e. The van der Waals surface area contributed by atoms with Crippen LogP contribution in [0, 0.1) is 22.7 Å². The number of hydrogen-bond donors (Lipinski definition) is 1. The van der Waals surface area contributed by atoms with E-state index in [1.807, 2.05) is 0 Å². The van der Waals surface area contributed by atoms with Gasteiger partial charge in [-0.15, -0.1) is 0 Å². The maximum Gasteiger partial charge on any atom is 0.169 e. The lowest BCUT2D eigenvalue weighted by Gasteiger charge is -2.41. The van der Waals surface area contributed by atoms with Crippen molar-refractivity contribution in [3.05, 3.63) is 11.4 Å². The molecule has 0 unspecified atom stereocenters. The smallest absolute Gasteiger partial charge is 0.169 e. The molecule has 0 bridgehead atoms. The molecular weight excluding hydrogens is 302 g/mol. The Morgan fingerprint density at radius 2 is 1.46 bits per heavy atom. The minimum absolute atomic E-state index is 0.132. The molecule has 0 aromatic heterocycles. The second kappa shape index (κ2) is 10.2. The van der Waals surface area contributed by atoms with Gasteiger partial charge in [0.05, 0.1) is 0 Å². The Morgan fingerprint density at radius 1 is 0.833 bits per heavy atom. The number of nitriles is 2. The molecule has 0 radical (unpaired) electrons. The van der Waals surface area contributed by atoms with E-state index in [0.29, 0.717) is 13.0 Å². The summed E-state index contributed by atoms with van der Waals surface area (Å²) >= 11 is 0. The fourth-order valence-corrected chi connectivity index (χ4v) is 3.67. The normalized spacial score (nSPS) is 19.0. The van der Waals surface area contributed by atoms with Gasteiger partial charge >= 0.3 is 0 Å². The molecule has 132 valence electrons. The topological polar surface area (TPSA) is 77.5 Å². The third-order valence-electron chi connectivity index (χ3n) is 4.84. The molecule has 2 fully saturated rings. The largest absolute Gasteiger partial charge is 0.396 e. The lowest BCUT2D eigenvalue weighted by atomic mass is 10.1. The van der Waals surface area contributed by atoms with Gasteiger partial charge in [-0.3, -0.25) is 0 Å². The molecular formula is C18H29N5O. The molecule has 2 aliphatic rings. The van der Waals surface area contributed by atoms with Crippen LogP contribution in [-0.4, -0.2) is 72.2 Å². The number of piperidine rings is 1. The fraction of sp³-hybridized carbons (Fsp3) is 0.778. The first-order valence-electron chi connectivity index (χ1n) is 9.17. The van der Waals surface area contributed by atoms with E-state index in [1.165, 1.54) is 32.4 Å². The molecule has 0 atom stereocenters. The molecule has 1 N–H and O–H groups in total. The molecule has 0 aromatic carbocycles. The number of aliphatic hydroxyl groups is 1. The van der Waals surface area contributed by atoms with E-state index < -0.39 is 0 Å². The molecule has 2 heterocycles. The first-order valence-corrected chi connectivity index (χ1v) is 9.17. The molecule has 24 heavy (non-hydrogen) atoms. The van der Waals surface area contributed by atoms with Gasteiger partial charge in [-0.2, -0.15) is 10.5 Å². The Balaban J connectivity index is 1.98. The van der Waals surface area contributed by atoms with E-state index in [2.05, 4.69) is 26.8 Å². The zero-order valence-electron chi connectivity index (χ0n) is 14.6. The fourth-order valence-electron chi connectivity index (χ4n) is 3.67. The number of hydrogen-bond acceptors (Lipinski definition) is 6. The van der Waals surface area contributed by atoms with Crippen LogP contribution in [0.25, 0.3) is 0 Å². The Kier molecular flexibility index (Phi) is 7.88. The van der Waals surface area contributed by atoms with E-state index >= 15 is 0 Å². The van der Waals surface area contributed by atoms with E-state index in [4.69, 9.17) is 5.11 Å². The van der Waals surface area contributed by atoms with E-state index in [-0.39, 0.29) is 12.2 Å². The minimum atomic E-state index is 0.132. The predicted octanol–water partition coefficient (Wildman–Crippen LogP) is 1.51. The van der Waals surface area contributed by atoms with Crippen molar-refractivity contribution < 1.29 is 5.11 Å². The summed E-state index contributed by atoms with van der Waals surface area (Å²) in [4.78, 5) is 6.82. The van der Waals surface area contributed by atoms with Gasteiger partial charge in [0.1, 0.15) is 18.0 Å². The number of nitrogens with zero attached hydrogens (tertiary/aromatic N) is 5. The summed E-state index contributed by atoms with van der Waals surface area (Å²) < 4.78 is 0. The average Bonchev–Trinajstić information content (AvgIpc) is 2.63. The summed E-state index contributed by atoms with van der Waals surface area (Å²) in [5.41, 5.74) is 0.200. The summed E-state index contributed by atoms with van der Waals surface area (Å²) in [6.45, 7) is 6.96. The van der Waals surface area contributed by atoms with Gasteiger partial charge in [-0.25, -0.2) is 0 Å². The van der Waals surface area contributed by atoms with Gasteiger partial charge in [0.15, 0.2) is 5.57 Å². The first-order chi connectivity index (χ1) is 11.8. The maximum absolute atomic E-state index is 9.33. The van der Waals surface area contributed by atoms with Crippen LogP contribution in [0.15, 0.2) is 11.4 Å². The molecule has 6 heteroatoms. The van der Waals surface area contributed by atoms with Crippen LogP contribution >= 0.6 is 0 Å². The third-order valence-corrected chi connectivity index (χ3v) is 4.84. The van der Waals surface area contributed by atoms with Crippen molar-refractivity contribution in [2.45, 2.75) is 38.5 Å². The number of allylic oxidation sites excluding steroid dienone is 1. The van der Waals surface area contributed by atoms with Crippen LogP contribution < -0.4 is 0 Å². The Morgan fingerprint density at radius 3 is 2.04 bits per heavy atom. The second-order valence-corrected chi connectivity index (χ2v) is 6.58. The molecule has 2 aliphatic heterocycles. The SMILES string of the molecule is N#CC(C#N)=C1N(CCCO)CCCN1CCCN1CCCCC1. The van der Waals surface area contributed by atoms with E-state index in [0.717, 1.165) is 44.8 Å².